The van der Waals surface area contributed by atoms with E-state index in [0.29, 0.717) is 24.6 Å². The van der Waals surface area contributed by atoms with E-state index in [0.717, 1.165) is 16.9 Å². The number of ether oxygens (including phenoxy) is 1. The number of benzene rings is 2. The molecule has 2 aromatic rings. The highest BCUT2D eigenvalue weighted by Crippen LogP contribution is 2.16. The van der Waals surface area contributed by atoms with Gasteiger partial charge in [0.25, 0.3) is 0 Å². The molecule has 0 bridgehead atoms. The Balaban J connectivity index is 1.80. The van der Waals surface area contributed by atoms with E-state index in [9.17, 15) is 4.79 Å². The standard InChI is InChI=1S/C18H20ClNO2/c1-14-6-5-8-16(12-14)22-11-10-20(2)18(21)13-15-7-3-4-9-17(15)19/h3-9,12H,10-11,13H2,1-2H3. The Hall–Kier alpha value is -2.00. The molecule has 0 atom stereocenters. The van der Waals surface area contributed by atoms with Gasteiger partial charge in [0.05, 0.1) is 13.0 Å². The minimum absolute atomic E-state index is 0.0287. The van der Waals surface area contributed by atoms with E-state index in [2.05, 4.69) is 0 Å². The summed E-state index contributed by atoms with van der Waals surface area (Å²) in [5.41, 5.74) is 2.00. The zero-order valence-corrected chi connectivity index (χ0v) is 13.6. The van der Waals surface area contributed by atoms with E-state index in [-0.39, 0.29) is 5.91 Å². The Morgan fingerprint density at radius 3 is 2.68 bits per heavy atom. The maximum Gasteiger partial charge on any atom is 0.226 e. The average Bonchev–Trinajstić information content (AvgIpc) is 2.49. The molecule has 22 heavy (non-hydrogen) atoms. The molecular formula is C18H20ClNO2. The van der Waals surface area contributed by atoms with Gasteiger partial charge in [0.2, 0.25) is 5.91 Å². The van der Waals surface area contributed by atoms with Gasteiger partial charge in [0.1, 0.15) is 12.4 Å². The van der Waals surface area contributed by atoms with Crippen LogP contribution in [0.5, 0.6) is 5.75 Å². The van der Waals surface area contributed by atoms with Crippen LogP contribution in [-0.4, -0.2) is 31.0 Å². The SMILES string of the molecule is Cc1cccc(OCCN(C)C(=O)Cc2ccccc2Cl)c1. The van der Waals surface area contributed by atoms with Crippen LogP contribution in [0.25, 0.3) is 0 Å². The molecule has 0 aliphatic heterocycles. The number of amides is 1. The van der Waals surface area contributed by atoms with Crippen molar-refractivity contribution in [1.82, 2.24) is 4.90 Å². The highest BCUT2D eigenvalue weighted by atomic mass is 35.5. The summed E-state index contributed by atoms with van der Waals surface area (Å²) in [6.45, 7) is 3.03. The first kappa shape index (κ1) is 16.4. The Kier molecular flexibility index (Phi) is 5.84. The number of halogens is 1. The van der Waals surface area contributed by atoms with Crippen molar-refractivity contribution in [3.8, 4) is 5.75 Å². The van der Waals surface area contributed by atoms with Gasteiger partial charge >= 0.3 is 0 Å². The van der Waals surface area contributed by atoms with Crippen LogP contribution in [-0.2, 0) is 11.2 Å². The van der Waals surface area contributed by atoms with Gasteiger partial charge < -0.3 is 9.64 Å². The maximum absolute atomic E-state index is 12.2. The predicted molar refractivity (Wildman–Crippen MR) is 89.5 cm³/mol. The van der Waals surface area contributed by atoms with E-state index < -0.39 is 0 Å². The zero-order valence-electron chi connectivity index (χ0n) is 12.9. The van der Waals surface area contributed by atoms with Crippen molar-refractivity contribution in [3.05, 3.63) is 64.7 Å². The van der Waals surface area contributed by atoms with Gasteiger partial charge in [-0.15, -0.1) is 0 Å². The molecule has 0 aromatic heterocycles. The van der Waals surface area contributed by atoms with Crippen LogP contribution in [0, 0.1) is 6.92 Å². The average molecular weight is 318 g/mol. The normalized spacial score (nSPS) is 10.3. The second-order valence-electron chi connectivity index (χ2n) is 5.25. The van der Waals surface area contributed by atoms with Crippen LogP contribution in [0.2, 0.25) is 5.02 Å². The molecule has 0 heterocycles. The molecule has 0 unspecified atom stereocenters. The number of hydrogen-bond donors (Lipinski definition) is 0. The Labute approximate surface area is 136 Å². The van der Waals surface area contributed by atoms with Crippen molar-refractivity contribution >= 4 is 17.5 Å². The lowest BCUT2D eigenvalue weighted by molar-refractivity contribution is -0.129. The molecule has 0 aliphatic carbocycles. The first-order valence-corrected chi connectivity index (χ1v) is 7.61. The summed E-state index contributed by atoms with van der Waals surface area (Å²) in [5, 5.41) is 0.625. The monoisotopic (exact) mass is 317 g/mol. The van der Waals surface area contributed by atoms with Crippen molar-refractivity contribution in [1.29, 1.82) is 0 Å². The molecule has 2 aromatic carbocycles. The molecule has 4 heteroatoms. The number of carbonyl (C=O) groups excluding carboxylic acids is 1. The highest BCUT2D eigenvalue weighted by molar-refractivity contribution is 6.31. The quantitative estimate of drug-likeness (QED) is 0.812. The molecule has 1 amide bonds. The lowest BCUT2D eigenvalue weighted by atomic mass is 10.1. The van der Waals surface area contributed by atoms with E-state index in [1.807, 2.05) is 49.4 Å². The van der Waals surface area contributed by atoms with Gasteiger partial charge in [0, 0.05) is 12.1 Å². The van der Waals surface area contributed by atoms with Crippen molar-refractivity contribution in [2.75, 3.05) is 20.2 Å². The second kappa shape index (κ2) is 7.85. The Bertz CT molecular complexity index is 642. The van der Waals surface area contributed by atoms with Crippen molar-refractivity contribution < 1.29 is 9.53 Å². The summed E-state index contributed by atoms with van der Waals surface area (Å²) in [5.74, 6) is 0.855. The van der Waals surface area contributed by atoms with E-state index in [1.54, 1.807) is 18.0 Å². The lowest BCUT2D eigenvalue weighted by Gasteiger charge is -2.18. The summed E-state index contributed by atoms with van der Waals surface area (Å²) in [4.78, 5) is 13.8. The topological polar surface area (TPSA) is 29.5 Å². The van der Waals surface area contributed by atoms with Crippen molar-refractivity contribution in [3.63, 3.8) is 0 Å². The number of hydrogen-bond acceptors (Lipinski definition) is 2. The first-order chi connectivity index (χ1) is 10.6. The van der Waals surface area contributed by atoms with E-state index in [1.165, 1.54) is 0 Å². The molecule has 0 radical (unpaired) electrons. The number of aryl methyl sites for hydroxylation is 1. The van der Waals surface area contributed by atoms with Crippen molar-refractivity contribution in [2.45, 2.75) is 13.3 Å². The molecule has 0 aliphatic rings. The summed E-state index contributed by atoms with van der Waals surface area (Å²) >= 11 is 6.08. The number of likely N-dealkylation sites (N-methyl/N-ethyl adjacent to an activating group) is 1. The third-order valence-electron chi connectivity index (χ3n) is 3.41. The predicted octanol–water partition coefficient (Wildman–Crippen LogP) is 3.73. The second-order valence-corrected chi connectivity index (χ2v) is 5.66. The summed E-state index contributed by atoms with van der Waals surface area (Å²) in [6, 6.07) is 15.3. The fraction of sp³-hybridized carbons (Fsp3) is 0.278. The molecule has 0 saturated carbocycles. The smallest absolute Gasteiger partial charge is 0.226 e. The van der Waals surface area contributed by atoms with Gasteiger partial charge in [-0.25, -0.2) is 0 Å². The number of rotatable bonds is 6. The summed E-state index contributed by atoms with van der Waals surface area (Å²) in [7, 11) is 1.78. The van der Waals surface area contributed by atoms with Gasteiger partial charge in [-0.3, -0.25) is 4.79 Å². The van der Waals surface area contributed by atoms with Crippen LogP contribution < -0.4 is 4.74 Å². The fourth-order valence-corrected chi connectivity index (χ4v) is 2.27. The molecule has 3 nitrogen and oxygen atoms in total. The number of carbonyl (C=O) groups is 1. The fourth-order valence-electron chi connectivity index (χ4n) is 2.07. The third-order valence-corrected chi connectivity index (χ3v) is 3.78. The zero-order chi connectivity index (χ0) is 15.9. The largest absolute Gasteiger partial charge is 0.492 e. The maximum atomic E-state index is 12.2. The number of nitrogens with zero attached hydrogens (tertiary/aromatic N) is 1. The van der Waals surface area contributed by atoms with Crippen LogP contribution >= 0.6 is 11.6 Å². The highest BCUT2D eigenvalue weighted by Gasteiger charge is 2.11. The molecule has 0 N–H and O–H groups in total. The lowest BCUT2D eigenvalue weighted by Crippen LogP contribution is -2.32. The molecule has 116 valence electrons. The minimum Gasteiger partial charge on any atom is -0.492 e. The van der Waals surface area contributed by atoms with Gasteiger partial charge in [-0.2, -0.15) is 0 Å². The minimum atomic E-state index is 0.0287. The van der Waals surface area contributed by atoms with Gasteiger partial charge in [-0.1, -0.05) is 41.9 Å². The summed E-state index contributed by atoms with van der Waals surface area (Å²) < 4.78 is 5.66. The van der Waals surface area contributed by atoms with E-state index in [4.69, 9.17) is 16.3 Å². The summed E-state index contributed by atoms with van der Waals surface area (Å²) in [6.07, 6.45) is 0.306. The van der Waals surface area contributed by atoms with Crippen molar-refractivity contribution in [2.24, 2.45) is 0 Å². The van der Waals surface area contributed by atoms with E-state index >= 15 is 0 Å². The first-order valence-electron chi connectivity index (χ1n) is 7.23. The van der Waals surface area contributed by atoms with Crippen LogP contribution in [0.3, 0.4) is 0 Å². The molecule has 0 fully saturated rings. The van der Waals surface area contributed by atoms with Gasteiger partial charge in [-0.05, 0) is 36.2 Å². The molecule has 0 saturated heterocycles. The Morgan fingerprint density at radius 1 is 1.18 bits per heavy atom. The molecule has 2 rings (SSSR count). The third kappa shape index (κ3) is 4.78. The van der Waals surface area contributed by atoms with Crippen LogP contribution in [0.1, 0.15) is 11.1 Å². The van der Waals surface area contributed by atoms with Crippen LogP contribution in [0.4, 0.5) is 0 Å². The Morgan fingerprint density at radius 2 is 1.95 bits per heavy atom. The molecular weight excluding hydrogens is 298 g/mol. The van der Waals surface area contributed by atoms with Crippen LogP contribution in [0.15, 0.2) is 48.5 Å². The van der Waals surface area contributed by atoms with Gasteiger partial charge in [0.15, 0.2) is 0 Å². The molecule has 0 spiro atoms.